The van der Waals surface area contributed by atoms with Crippen LogP contribution in [0.3, 0.4) is 0 Å². The van der Waals surface area contributed by atoms with Crippen molar-refractivity contribution < 1.29 is 0 Å². The molecule has 4 nitrogen and oxygen atoms in total. The van der Waals surface area contributed by atoms with E-state index >= 15 is 0 Å². The first-order chi connectivity index (χ1) is 19.7. The van der Waals surface area contributed by atoms with Crippen molar-refractivity contribution in [3.05, 3.63) is 127 Å². The van der Waals surface area contributed by atoms with Crippen LogP contribution in [0.2, 0.25) is 0 Å². The Balaban J connectivity index is 1.71. The maximum absolute atomic E-state index is 5.10. The number of aryl methyl sites for hydroxylation is 1. The van der Waals surface area contributed by atoms with Crippen molar-refractivity contribution in [3.8, 4) is 22.6 Å². The van der Waals surface area contributed by atoms with Gasteiger partial charge >= 0.3 is 248 Å². The van der Waals surface area contributed by atoms with Crippen LogP contribution in [-0.2, 0) is 0 Å². The van der Waals surface area contributed by atoms with Gasteiger partial charge in [0.1, 0.15) is 0 Å². The monoisotopic (exact) mass is 710 g/mol. The molecule has 0 saturated heterocycles. The van der Waals surface area contributed by atoms with Crippen LogP contribution in [0.25, 0.3) is 66.2 Å². The van der Waals surface area contributed by atoms with E-state index in [4.69, 9.17) is 9.97 Å². The SMILES string of the molecule is Cc1n[c]([BiH2])cc(-c2c3c(cc4c5ccccc5n(-c5ccccc5)c24)c2ccccc2n3-c2ccccc2)n1. The van der Waals surface area contributed by atoms with Gasteiger partial charge in [0.25, 0.3) is 0 Å². The van der Waals surface area contributed by atoms with Crippen molar-refractivity contribution in [2.24, 2.45) is 0 Å². The van der Waals surface area contributed by atoms with Crippen LogP contribution in [0.5, 0.6) is 0 Å². The maximum atomic E-state index is 5.10. The van der Waals surface area contributed by atoms with Gasteiger partial charge in [0.2, 0.25) is 0 Å². The third kappa shape index (κ3) is 3.47. The normalized spacial score (nSPS) is 11.8. The molecule has 0 aliphatic heterocycles. The van der Waals surface area contributed by atoms with Crippen molar-refractivity contribution in [2.45, 2.75) is 6.92 Å². The molecule has 3 aromatic heterocycles. The molecular formula is C35H25BiN4. The van der Waals surface area contributed by atoms with E-state index in [1.54, 1.807) is 0 Å². The fourth-order valence-electron chi connectivity index (χ4n) is 6.22. The Kier molecular flexibility index (Phi) is 5.36. The van der Waals surface area contributed by atoms with Gasteiger partial charge in [0.05, 0.1) is 0 Å². The van der Waals surface area contributed by atoms with Crippen LogP contribution in [0.1, 0.15) is 5.82 Å². The summed E-state index contributed by atoms with van der Waals surface area (Å²) in [7, 11) is 0. The molecule has 0 aliphatic carbocycles. The molecule has 0 N–H and O–H groups in total. The molecule has 0 amide bonds. The minimum atomic E-state index is 0.611. The van der Waals surface area contributed by atoms with Crippen molar-refractivity contribution in [1.82, 2.24) is 19.1 Å². The van der Waals surface area contributed by atoms with E-state index in [1.807, 2.05) is 6.92 Å². The van der Waals surface area contributed by atoms with Gasteiger partial charge in [-0.2, -0.15) is 0 Å². The standard InChI is InChI=1S/C35H23N4.Bi.2H/c1-23-36-21-20-30(37-23)33-34-28(26-16-8-10-18-31(26)38(34)24-12-4-2-5-13-24)22-29-27-17-9-11-19-32(27)39(35(29)33)25-14-6-3-7-15-25;;;/h2-20,22H,1H3;;;. The van der Waals surface area contributed by atoms with Gasteiger partial charge in [0, 0.05) is 0 Å². The molecule has 0 unspecified atom stereocenters. The molecule has 0 bridgehead atoms. The second-order valence-corrected chi connectivity index (χ2v) is 12.4. The Hall–Kier alpha value is -4.34. The van der Waals surface area contributed by atoms with Crippen molar-refractivity contribution in [2.75, 3.05) is 0 Å². The second kappa shape index (κ2) is 9.11. The van der Waals surface area contributed by atoms with E-state index in [2.05, 4.69) is 130 Å². The van der Waals surface area contributed by atoms with E-state index in [-0.39, 0.29) is 0 Å². The molecule has 0 radical (unpaired) electrons. The third-order valence-corrected chi connectivity index (χ3v) is 8.88. The van der Waals surface area contributed by atoms with E-state index in [0.29, 0.717) is 24.7 Å². The summed E-state index contributed by atoms with van der Waals surface area (Å²) in [4.78, 5) is 9.82. The zero-order valence-corrected chi connectivity index (χ0v) is 26.4. The van der Waals surface area contributed by atoms with E-state index in [0.717, 1.165) is 31.9 Å². The molecule has 5 heteroatoms. The quantitative estimate of drug-likeness (QED) is 0.187. The predicted octanol–water partition coefficient (Wildman–Crippen LogP) is 6.90. The summed E-state index contributed by atoms with van der Waals surface area (Å²) in [6.45, 7) is 2.01. The molecular weight excluding hydrogens is 685 g/mol. The Morgan fingerprint density at radius 2 is 1.00 bits per heavy atom. The average molecular weight is 711 g/mol. The van der Waals surface area contributed by atoms with Crippen molar-refractivity contribution in [1.29, 1.82) is 0 Å². The summed E-state index contributed by atoms with van der Waals surface area (Å²) in [6, 6.07) is 43.4. The van der Waals surface area contributed by atoms with Crippen LogP contribution in [-0.4, -0.2) is 43.8 Å². The fourth-order valence-corrected chi connectivity index (χ4v) is 7.56. The Bertz CT molecular complexity index is 2080. The zero-order chi connectivity index (χ0) is 26.8. The number of fused-ring (bicyclic) bond motifs is 6. The molecule has 0 spiro atoms. The first kappa shape index (κ1) is 23.5. The van der Waals surface area contributed by atoms with Crippen LogP contribution in [0.4, 0.5) is 0 Å². The topological polar surface area (TPSA) is 35.6 Å². The van der Waals surface area contributed by atoms with Crippen molar-refractivity contribution in [3.63, 3.8) is 0 Å². The zero-order valence-electron chi connectivity index (χ0n) is 21.9. The molecule has 8 aromatic rings. The van der Waals surface area contributed by atoms with E-state index in [9.17, 15) is 0 Å². The van der Waals surface area contributed by atoms with Crippen LogP contribution >= 0.6 is 0 Å². The number of nitrogens with zero attached hydrogens (tertiary/aromatic N) is 4. The summed E-state index contributed by atoms with van der Waals surface area (Å²) in [5.74, 6) is 0.810. The molecule has 0 fully saturated rings. The summed E-state index contributed by atoms with van der Waals surface area (Å²) < 4.78 is 5.95. The van der Waals surface area contributed by atoms with Gasteiger partial charge in [-0.05, 0) is 0 Å². The summed E-state index contributed by atoms with van der Waals surface area (Å²) in [5, 5.41) is 4.93. The molecule has 0 saturated carbocycles. The van der Waals surface area contributed by atoms with Crippen LogP contribution in [0.15, 0.2) is 121 Å². The number of aromatic nitrogens is 4. The number of rotatable bonds is 3. The molecule has 8 rings (SSSR count). The van der Waals surface area contributed by atoms with Gasteiger partial charge in [-0.1, -0.05) is 0 Å². The predicted molar refractivity (Wildman–Crippen MR) is 169 cm³/mol. The Morgan fingerprint density at radius 1 is 0.525 bits per heavy atom. The third-order valence-electron chi connectivity index (χ3n) is 7.73. The second-order valence-electron chi connectivity index (χ2n) is 10.1. The molecule has 40 heavy (non-hydrogen) atoms. The van der Waals surface area contributed by atoms with Gasteiger partial charge in [-0.3, -0.25) is 0 Å². The number of benzene rings is 5. The van der Waals surface area contributed by atoms with Gasteiger partial charge in [-0.25, -0.2) is 0 Å². The van der Waals surface area contributed by atoms with Crippen LogP contribution in [0, 0.1) is 6.92 Å². The average Bonchev–Trinajstić information content (AvgIpc) is 3.49. The Morgan fingerprint density at radius 3 is 1.50 bits per heavy atom. The van der Waals surface area contributed by atoms with Crippen LogP contribution < -0.4 is 3.40 Å². The molecule has 5 aromatic carbocycles. The van der Waals surface area contributed by atoms with Crippen molar-refractivity contribution >= 4 is 71.7 Å². The summed E-state index contributed by atoms with van der Waals surface area (Å²) in [6.07, 6.45) is 0. The minimum absolute atomic E-state index is 0.611. The fraction of sp³-hybridized carbons (Fsp3) is 0.0286. The number of hydrogen-bond donors (Lipinski definition) is 0. The summed E-state index contributed by atoms with van der Waals surface area (Å²) >= 11 is 0.611. The van der Waals surface area contributed by atoms with E-state index in [1.165, 1.54) is 43.6 Å². The molecule has 3 heterocycles. The molecule has 190 valence electrons. The number of para-hydroxylation sites is 4. The first-order valence-corrected chi connectivity index (χ1v) is 15.6. The molecule has 0 aliphatic rings. The van der Waals surface area contributed by atoms with Gasteiger partial charge in [0.15, 0.2) is 0 Å². The number of hydrogen-bond acceptors (Lipinski definition) is 2. The first-order valence-electron chi connectivity index (χ1n) is 13.4. The summed E-state index contributed by atoms with van der Waals surface area (Å²) in [5.41, 5.74) is 9.09. The molecule has 0 atom stereocenters. The van der Waals surface area contributed by atoms with Gasteiger partial charge < -0.3 is 0 Å². The Labute approximate surface area is 246 Å². The van der Waals surface area contributed by atoms with Gasteiger partial charge in [-0.15, -0.1) is 0 Å². The van der Waals surface area contributed by atoms with E-state index < -0.39 is 0 Å².